The fraction of sp³-hybridized carbons (Fsp3) is 0.500. The lowest BCUT2D eigenvalue weighted by Crippen LogP contribution is -2.46. The second-order valence-electron chi connectivity index (χ2n) is 5.26. The molecule has 0 spiro atoms. The summed E-state index contributed by atoms with van der Waals surface area (Å²) in [6.07, 6.45) is 0.676. The normalized spacial score (nSPS) is 13.3. The molecule has 0 aliphatic heterocycles. The molecular formula is C16H23NO4. The van der Waals surface area contributed by atoms with Crippen molar-refractivity contribution in [3.8, 4) is 5.75 Å². The van der Waals surface area contributed by atoms with E-state index in [0.29, 0.717) is 12.2 Å². The third-order valence-corrected chi connectivity index (χ3v) is 3.71. The molecule has 0 bridgehead atoms. The third kappa shape index (κ3) is 4.77. The minimum atomic E-state index is -1.02. The van der Waals surface area contributed by atoms with Crippen LogP contribution in [0, 0.1) is 19.8 Å². The number of carboxylic acids is 1. The van der Waals surface area contributed by atoms with Crippen LogP contribution >= 0.6 is 0 Å². The van der Waals surface area contributed by atoms with Crippen molar-refractivity contribution in [1.29, 1.82) is 0 Å². The molecule has 0 heterocycles. The average Bonchev–Trinajstić information content (AvgIpc) is 2.45. The van der Waals surface area contributed by atoms with Crippen molar-refractivity contribution in [2.75, 3.05) is 6.61 Å². The summed E-state index contributed by atoms with van der Waals surface area (Å²) < 4.78 is 5.47. The first-order chi connectivity index (χ1) is 9.86. The van der Waals surface area contributed by atoms with Gasteiger partial charge >= 0.3 is 5.97 Å². The van der Waals surface area contributed by atoms with Gasteiger partial charge in [0.15, 0.2) is 6.61 Å². The second-order valence-corrected chi connectivity index (χ2v) is 5.26. The molecule has 0 saturated heterocycles. The molecule has 1 rings (SSSR count). The van der Waals surface area contributed by atoms with Gasteiger partial charge in [-0.05, 0) is 37.0 Å². The Morgan fingerprint density at radius 1 is 1.33 bits per heavy atom. The van der Waals surface area contributed by atoms with E-state index in [4.69, 9.17) is 9.84 Å². The van der Waals surface area contributed by atoms with E-state index >= 15 is 0 Å². The van der Waals surface area contributed by atoms with Gasteiger partial charge in [-0.25, -0.2) is 4.79 Å². The Morgan fingerprint density at radius 2 is 2.00 bits per heavy atom. The zero-order chi connectivity index (χ0) is 16.0. The van der Waals surface area contributed by atoms with Crippen LogP contribution < -0.4 is 10.1 Å². The number of aliphatic carboxylic acids is 1. The lowest BCUT2D eigenvalue weighted by molar-refractivity contribution is -0.143. The van der Waals surface area contributed by atoms with Crippen molar-refractivity contribution in [2.45, 2.75) is 40.2 Å². The van der Waals surface area contributed by atoms with E-state index in [-0.39, 0.29) is 12.5 Å². The van der Waals surface area contributed by atoms with Crippen molar-refractivity contribution in [1.82, 2.24) is 5.32 Å². The van der Waals surface area contributed by atoms with Crippen LogP contribution in [0.15, 0.2) is 18.2 Å². The van der Waals surface area contributed by atoms with Crippen molar-refractivity contribution in [2.24, 2.45) is 5.92 Å². The minimum absolute atomic E-state index is 0.132. The first-order valence-corrected chi connectivity index (χ1v) is 7.08. The Kier molecular flexibility index (Phi) is 6.21. The van der Waals surface area contributed by atoms with Crippen LogP contribution in [0.3, 0.4) is 0 Å². The van der Waals surface area contributed by atoms with Crippen LogP contribution in [0.4, 0.5) is 0 Å². The van der Waals surface area contributed by atoms with E-state index in [1.165, 1.54) is 0 Å². The summed E-state index contributed by atoms with van der Waals surface area (Å²) in [5, 5.41) is 11.6. The summed E-state index contributed by atoms with van der Waals surface area (Å²) in [4.78, 5) is 23.0. The van der Waals surface area contributed by atoms with Gasteiger partial charge in [0.2, 0.25) is 0 Å². The van der Waals surface area contributed by atoms with Gasteiger partial charge < -0.3 is 15.2 Å². The number of aryl methyl sites for hydroxylation is 1. The molecule has 5 nitrogen and oxygen atoms in total. The van der Waals surface area contributed by atoms with E-state index < -0.39 is 17.9 Å². The van der Waals surface area contributed by atoms with Gasteiger partial charge in [0.25, 0.3) is 5.91 Å². The Hall–Kier alpha value is -2.04. The largest absolute Gasteiger partial charge is 0.483 e. The summed E-state index contributed by atoms with van der Waals surface area (Å²) in [7, 11) is 0. The summed E-state index contributed by atoms with van der Waals surface area (Å²) in [5.74, 6) is -0.944. The number of carbonyl (C=O) groups is 2. The Bertz CT molecular complexity index is 513. The van der Waals surface area contributed by atoms with Crippen molar-refractivity contribution in [3.05, 3.63) is 29.3 Å². The Labute approximate surface area is 125 Å². The summed E-state index contributed by atoms with van der Waals surface area (Å²) in [6.45, 7) is 7.38. The maximum absolute atomic E-state index is 11.8. The van der Waals surface area contributed by atoms with Crippen LogP contribution in [-0.2, 0) is 9.59 Å². The molecule has 116 valence electrons. The molecule has 21 heavy (non-hydrogen) atoms. The molecule has 0 aliphatic carbocycles. The predicted octanol–water partition coefficient (Wildman–Crippen LogP) is 2.30. The quantitative estimate of drug-likeness (QED) is 0.809. The molecule has 0 saturated carbocycles. The molecule has 0 fully saturated rings. The number of amides is 1. The Balaban J connectivity index is 2.61. The fourth-order valence-corrected chi connectivity index (χ4v) is 1.92. The number of carboxylic acid groups (broad SMARTS) is 1. The van der Waals surface area contributed by atoms with E-state index in [9.17, 15) is 9.59 Å². The number of rotatable bonds is 7. The van der Waals surface area contributed by atoms with Crippen molar-refractivity contribution >= 4 is 11.9 Å². The first-order valence-electron chi connectivity index (χ1n) is 7.08. The number of carbonyl (C=O) groups excluding carboxylic acids is 1. The first kappa shape index (κ1) is 17.0. The molecule has 1 aromatic rings. The zero-order valence-electron chi connectivity index (χ0n) is 13.0. The smallest absolute Gasteiger partial charge is 0.326 e. The van der Waals surface area contributed by atoms with E-state index in [1.54, 1.807) is 13.0 Å². The highest BCUT2D eigenvalue weighted by Crippen LogP contribution is 2.20. The highest BCUT2D eigenvalue weighted by molar-refractivity contribution is 5.84. The highest BCUT2D eigenvalue weighted by atomic mass is 16.5. The molecule has 0 aliphatic rings. The van der Waals surface area contributed by atoms with Crippen LogP contribution in [0.25, 0.3) is 0 Å². The number of benzene rings is 1. The molecule has 1 aromatic carbocycles. The van der Waals surface area contributed by atoms with Crippen molar-refractivity contribution < 1.29 is 19.4 Å². The van der Waals surface area contributed by atoms with E-state index in [1.807, 2.05) is 32.9 Å². The molecule has 5 heteroatoms. The van der Waals surface area contributed by atoms with Gasteiger partial charge in [-0.2, -0.15) is 0 Å². The highest BCUT2D eigenvalue weighted by Gasteiger charge is 2.25. The van der Waals surface area contributed by atoms with Crippen LogP contribution in [0.2, 0.25) is 0 Å². The van der Waals surface area contributed by atoms with Gasteiger partial charge in [0, 0.05) is 0 Å². The summed E-state index contributed by atoms with van der Waals surface area (Å²) >= 11 is 0. The molecule has 2 N–H and O–H groups in total. The maximum Gasteiger partial charge on any atom is 0.326 e. The fourth-order valence-electron chi connectivity index (χ4n) is 1.92. The Morgan fingerprint density at radius 3 is 2.57 bits per heavy atom. The van der Waals surface area contributed by atoms with Crippen LogP contribution in [0.5, 0.6) is 5.75 Å². The average molecular weight is 293 g/mol. The molecule has 2 atom stereocenters. The predicted molar refractivity (Wildman–Crippen MR) is 80.4 cm³/mol. The molecular weight excluding hydrogens is 270 g/mol. The van der Waals surface area contributed by atoms with Gasteiger partial charge in [-0.15, -0.1) is 0 Å². The van der Waals surface area contributed by atoms with Crippen LogP contribution in [0.1, 0.15) is 31.4 Å². The third-order valence-electron chi connectivity index (χ3n) is 3.71. The standard InChI is InChI=1S/C16H23NO4/c1-5-10(2)15(16(19)20)17-14(18)9-21-13-8-6-7-11(3)12(13)4/h6-8,10,15H,5,9H2,1-4H3,(H,17,18)(H,19,20). The van der Waals surface area contributed by atoms with E-state index in [2.05, 4.69) is 5.32 Å². The zero-order valence-corrected chi connectivity index (χ0v) is 13.0. The van der Waals surface area contributed by atoms with Crippen LogP contribution in [-0.4, -0.2) is 29.6 Å². The van der Waals surface area contributed by atoms with Gasteiger partial charge in [-0.1, -0.05) is 32.4 Å². The van der Waals surface area contributed by atoms with E-state index in [0.717, 1.165) is 11.1 Å². The topological polar surface area (TPSA) is 75.6 Å². The summed E-state index contributed by atoms with van der Waals surface area (Å²) in [6, 6.07) is 4.73. The van der Waals surface area contributed by atoms with Crippen molar-refractivity contribution in [3.63, 3.8) is 0 Å². The number of hydrogen-bond donors (Lipinski definition) is 2. The van der Waals surface area contributed by atoms with Gasteiger partial charge in [0.1, 0.15) is 11.8 Å². The molecule has 0 aromatic heterocycles. The monoisotopic (exact) mass is 293 g/mol. The lowest BCUT2D eigenvalue weighted by atomic mass is 9.99. The number of nitrogens with one attached hydrogen (secondary N) is 1. The number of hydrogen-bond acceptors (Lipinski definition) is 3. The maximum atomic E-state index is 11.8. The molecule has 0 radical (unpaired) electrons. The lowest BCUT2D eigenvalue weighted by Gasteiger charge is -2.20. The minimum Gasteiger partial charge on any atom is -0.483 e. The number of ether oxygens (including phenoxy) is 1. The van der Waals surface area contributed by atoms with Gasteiger partial charge in [0.05, 0.1) is 0 Å². The molecule has 1 amide bonds. The summed E-state index contributed by atoms with van der Waals surface area (Å²) in [5.41, 5.74) is 2.05. The van der Waals surface area contributed by atoms with Gasteiger partial charge in [-0.3, -0.25) is 4.79 Å². The SMILES string of the molecule is CCC(C)C(NC(=O)COc1cccc(C)c1C)C(=O)O. The molecule has 2 unspecified atom stereocenters. The second kappa shape index (κ2) is 7.67.